The van der Waals surface area contributed by atoms with E-state index in [9.17, 15) is 10.1 Å². The van der Waals surface area contributed by atoms with Crippen LogP contribution < -0.4 is 10.6 Å². The predicted octanol–water partition coefficient (Wildman–Crippen LogP) is 1.47. The minimum Gasteiger partial charge on any atom is -0.350 e. The van der Waals surface area contributed by atoms with Crippen LogP contribution in [0.1, 0.15) is 18.9 Å². The van der Waals surface area contributed by atoms with Crippen molar-refractivity contribution < 1.29 is 4.92 Å². The maximum atomic E-state index is 11.1. The van der Waals surface area contributed by atoms with Gasteiger partial charge in [-0.2, -0.15) is 0 Å². The van der Waals surface area contributed by atoms with Gasteiger partial charge in [-0.15, -0.1) is 0 Å². The molecule has 1 saturated heterocycles. The number of nitrogens with two attached hydrogens (primary N) is 1. The Morgan fingerprint density at radius 1 is 1.67 bits per heavy atom. The van der Waals surface area contributed by atoms with Crippen molar-refractivity contribution in [3.05, 3.63) is 27.9 Å². The van der Waals surface area contributed by atoms with E-state index in [4.69, 9.17) is 5.73 Å². The summed E-state index contributed by atoms with van der Waals surface area (Å²) in [5.41, 5.74) is 6.54. The van der Waals surface area contributed by atoms with E-state index >= 15 is 0 Å². The average molecular weight is 250 g/mol. The van der Waals surface area contributed by atoms with Crippen LogP contribution in [0.3, 0.4) is 0 Å². The van der Waals surface area contributed by atoms with Crippen molar-refractivity contribution in [1.29, 1.82) is 0 Å². The van der Waals surface area contributed by atoms with Gasteiger partial charge in [0.15, 0.2) is 0 Å². The summed E-state index contributed by atoms with van der Waals surface area (Å²) in [4.78, 5) is 16.9. The largest absolute Gasteiger partial charge is 0.350 e. The number of rotatable bonds is 3. The molecule has 2 rings (SSSR count). The summed E-state index contributed by atoms with van der Waals surface area (Å²) in [6, 6.07) is 1.67. The van der Waals surface area contributed by atoms with E-state index in [-0.39, 0.29) is 16.0 Å². The Morgan fingerprint density at radius 2 is 2.39 bits per heavy atom. The first kappa shape index (κ1) is 12.8. The first-order chi connectivity index (χ1) is 8.47. The van der Waals surface area contributed by atoms with Crippen LogP contribution in [0, 0.1) is 22.5 Å². The standard InChI is InChI=1S/C12H18N4O2/c1-9-3-5-14-11(10(9)16(17)18)15-6-4-12(2,7-13)8-15/h3,5H,4,6-8,13H2,1-2H3. The molecule has 98 valence electrons. The van der Waals surface area contributed by atoms with Crippen LogP contribution in [0.2, 0.25) is 0 Å². The van der Waals surface area contributed by atoms with Crippen molar-refractivity contribution in [2.45, 2.75) is 20.3 Å². The molecule has 1 fully saturated rings. The van der Waals surface area contributed by atoms with E-state index in [0.29, 0.717) is 17.9 Å². The molecule has 0 spiro atoms. The molecule has 0 amide bonds. The van der Waals surface area contributed by atoms with E-state index in [0.717, 1.165) is 19.5 Å². The van der Waals surface area contributed by atoms with E-state index < -0.39 is 0 Å². The summed E-state index contributed by atoms with van der Waals surface area (Å²) in [6.45, 7) is 5.92. The number of aromatic nitrogens is 1. The normalized spacial score (nSPS) is 23.4. The van der Waals surface area contributed by atoms with Crippen LogP contribution in [0.15, 0.2) is 12.3 Å². The topological polar surface area (TPSA) is 85.3 Å². The lowest BCUT2D eigenvalue weighted by molar-refractivity contribution is -0.384. The quantitative estimate of drug-likeness (QED) is 0.648. The third kappa shape index (κ3) is 2.15. The lowest BCUT2D eigenvalue weighted by Crippen LogP contribution is -2.31. The summed E-state index contributed by atoms with van der Waals surface area (Å²) in [6.07, 6.45) is 2.56. The maximum absolute atomic E-state index is 11.1. The molecule has 0 bridgehead atoms. The van der Waals surface area contributed by atoms with Gasteiger partial charge in [0, 0.05) is 24.8 Å². The zero-order valence-corrected chi connectivity index (χ0v) is 10.7. The molecule has 2 heterocycles. The van der Waals surface area contributed by atoms with Gasteiger partial charge in [-0.25, -0.2) is 4.98 Å². The summed E-state index contributed by atoms with van der Waals surface area (Å²) in [5.74, 6) is 0.470. The molecule has 6 nitrogen and oxygen atoms in total. The number of anilines is 1. The first-order valence-corrected chi connectivity index (χ1v) is 6.02. The van der Waals surface area contributed by atoms with Gasteiger partial charge in [0.25, 0.3) is 0 Å². The molecule has 1 atom stereocenters. The second-order valence-corrected chi connectivity index (χ2v) is 5.24. The summed E-state index contributed by atoms with van der Waals surface area (Å²) in [7, 11) is 0. The van der Waals surface area contributed by atoms with Crippen LogP contribution in [0.5, 0.6) is 0 Å². The minimum absolute atomic E-state index is 0.0271. The maximum Gasteiger partial charge on any atom is 0.314 e. The van der Waals surface area contributed by atoms with Crippen molar-refractivity contribution in [3.63, 3.8) is 0 Å². The first-order valence-electron chi connectivity index (χ1n) is 6.02. The third-order valence-corrected chi connectivity index (χ3v) is 3.64. The second-order valence-electron chi connectivity index (χ2n) is 5.24. The zero-order valence-electron chi connectivity index (χ0n) is 10.7. The van der Waals surface area contributed by atoms with E-state index in [2.05, 4.69) is 11.9 Å². The van der Waals surface area contributed by atoms with Crippen LogP contribution in [-0.2, 0) is 0 Å². The lowest BCUT2D eigenvalue weighted by Gasteiger charge is -2.23. The fourth-order valence-electron chi connectivity index (χ4n) is 2.36. The highest BCUT2D eigenvalue weighted by atomic mass is 16.6. The van der Waals surface area contributed by atoms with Crippen molar-refractivity contribution in [3.8, 4) is 0 Å². The van der Waals surface area contributed by atoms with Crippen molar-refractivity contribution >= 4 is 11.5 Å². The Balaban J connectivity index is 2.36. The molecule has 2 N–H and O–H groups in total. The highest BCUT2D eigenvalue weighted by molar-refractivity contribution is 5.62. The van der Waals surface area contributed by atoms with E-state index in [1.165, 1.54) is 0 Å². The Labute approximate surface area is 106 Å². The average Bonchev–Trinajstić information content (AvgIpc) is 2.72. The molecule has 6 heteroatoms. The van der Waals surface area contributed by atoms with Gasteiger partial charge in [-0.1, -0.05) is 6.92 Å². The van der Waals surface area contributed by atoms with E-state index in [1.54, 1.807) is 19.2 Å². The Hall–Kier alpha value is -1.69. The van der Waals surface area contributed by atoms with Crippen LogP contribution in [-0.4, -0.2) is 29.5 Å². The van der Waals surface area contributed by atoms with Crippen LogP contribution in [0.25, 0.3) is 0 Å². The van der Waals surface area contributed by atoms with Crippen LogP contribution >= 0.6 is 0 Å². The summed E-state index contributed by atoms with van der Waals surface area (Å²) in [5, 5.41) is 11.1. The van der Waals surface area contributed by atoms with Gasteiger partial charge in [0.1, 0.15) is 0 Å². The van der Waals surface area contributed by atoms with Crippen molar-refractivity contribution in [2.75, 3.05) is 24.5 Å². The number of aryl methyl sites for hydroxylation is 1. The van der Waals surface area contributed by atoms with Crippen molar-refractivity contribution in [2.24, 2.45) is 11.1 Å². The SMILES string of the molecule is Cc1ccnc(N2CCC(C)(CN)C2)c1[N+](=O)[O-]. The summed E-state index contributed by atoms with van der Waals surface area (Å²) < 4.78 is 0. The number of hydrogen-bond acceptors (Lipinski definition) is 5. The second kappa shape index (κ2) is 4.53. The van der Waals surface area contributed by atoms with Gasteiger partial charge in [-0.05, 0) is 31.4 Å². The smallest absolute Gasteiger partial charge is 0.314 e. The fraction of sp³-hybridized carbons (Fsp3) is 0.583. The minimum atomic E-state index is -0.351. The van der Waals surface area contributed by atoms with Crippen molar-refractivity contribution in [1.82, 2.24) is 4.98 Å². The van der Waals surface area contributed by atoms with Gasteiger partial charge < -0.3 is 10.6 Å². The van der Waals surface area contributed by atoms with E-state index in [1.807, 2.05) is 4.90 Å². The Bertz CT molecular complexity index is 477. The fourth-order valence-corrected chi connectivity index (χ4v) is 2.36. The molecule has 1 aromatic heterocycles. The molecule has 0 radical (unpaired) electrons. The molecule has 1 aliphatic rings. The Kier molecular flexibility index (Phi) is 3.21. The molecule has 1 aromatic rings. The molecular weight excluding hydrogens is 232 g/mol. The summed E-state index contributed by atoms with van der Waals surface area (Å²) >= 11 is 0. The number of nitro groups is 1. The highest BCUT2D eigenvalue weighted by Crippen LogP contribution is 2.36. The monoisotopic (exact) mass is 250 g/mol. The molecule has 18 heavy (non-hydrogen) atoms. The molecule has 1 aliphatic heterocycles. The predicted molar refractivity (Wildman–Crippen MR) is 69.6 cm³/mol. The zero-order chi connectivity index (χ0) is 13.3. The molecular formula is C12H18N4O2. The van der Waals surface area contributed by atoms with Gasteiger partial charge in [-0.3, -0.25) is 10.1 Å². The molecule has 0 saturated carbocycles. The molecule has 0 aromatic carbocycles. The Morgan fingerprint density at radius 3 is 2.94 bits per heavy atom. The van der Waals surface area contributed by atoms with Gasteiger partial charge in [0.05, 0.1) is 4.92 Å². The van der Waals surface area contributed by atoms with Crippen LogP contribution in [0.4, 0.5) is 11.5 Å². The number of nitrogens with zero attached hydrogens (tertiary/aromatic N) is 3. The molecule has 0 aliphatic carbocycles. The van der Waals surface area contributed by atoms with Gasteiger partial charge >= 0.3 is 5.69 Å². The molecule has 1 unspecified atom stereocenters. The lowest BCUT2D eigenvalue weighted by atomic mass is 9.90. The van der Waals surface area contributed by atoms with Gasteiger partial charge in [0.2, 0.25) is 5.82 Å². The number of pyridine rings is 1. The number of hydrogen-bond donors (Lipinski definition) is 1. The highest BCUT2D eigenvalue weighted by Gasteiger charge is 2.36. The third-order valence-electron chi connectivity index (χ3n) is 3.64.